The lowest BCUT2D eigenvalue weighted by molar-refractivity contribution is 0.0270. The minimum Gasteiger partial charge on any atom is -0.480 e. The molecule has 1 unspecified atom stereocenters. The van der Waals surface area contributed by atoms with Gasteiger partial charge in [-0.1, -0.05) is 0 Å². The number of nitrogens with one attached hydrogen (secondary N) is 1. The number of carbonyl (C=O) groups is 1. The molecule has 0 amide bonds. The lowest BCUT2D eigenvalue weighted by atomic mass is 9.90. The maximum Gasteiger partial charge on any atom is 0.337 e. The molecule has 1 aromatic heterocycles. The minimum absolute atomic E-state index is 0.277. The normalized spacial score (nSPS) is 18.5. The third kappa shape index (κ3) is 3.59. The number of fused-ring (bicyclic) bond motifs is 1. The molecular weight excluding hydrogens is 350 g/mol. The summed E-state index contributed by atoms with van der Waals surface area (Å²) < 4.78 is 22.3. The van der Waals surface area contributed by atoms with Gasteiger partial charge in [0.15, 0.2) is 5.60 Å². The quantitative estimate of drug-likeness (QED) is 0.814. The molecule has 0 bridgehead atoms. The van der Waals surface area contributed by atoms with Gasteiger partial charge >= 0.3 is 5.97 Å². The Morgan fingerprint density at radius 3 is 2.67 bits per heavy atom. The van der Waals surface area contributed by atoms with Crippen molar-refractivity contribution in [1.82, 2.24) is 4.98 Å². The van der Waals surface area contributed by atoms with Crippen LogP contribution in [0.15, 0.2) is 46.9 Å². The van der Waals surface area contributed by atoms with Crippen LogP contribution < -0.4 is 15.0 Å². The number of methoxy groups -OCH3 is 2. The molecule has 1 aromatic carbocycles. The van der Waals surface area contributed by atoms with E-state index in [9.17, 15) is 9.59 Å². The zero-order valence-electron chi connectivity index (χ0n) is 15.6. The highest BCUT2D eigenvalue weighted by atomic mass is 16.5. The molecule has 1 aliphatic rings. The van der Waals surface area contributed by atoms with Crippen molar-refractivity contribution >= 4 is 11.7 Å². The van der Waals surface area contributed by atoms with Crippen LogP contribution in [0, 0.1) is 0 Å². The number of H-pyrrole nitrogens is 1. The highest BCUT2D eigenvalue weighted by molar-refractivity contribution is 5.91. The average molecular weight is 371 g/mol. The summed E-state index contributed by atoms with van der Waals surface area (Å²) >= 11 is 0. The number of hydrogen-bond donors (Lipinski definition) is 1. The smallest absolute Gasteiger partial charge is 0.337 e. The predicted octanol–water partition coefficient (Wildman–Crippen LogP) is 2.77. The molecule has 0 spiro atoms. The highest BCUT2D eigenvalue weighted by Crippen LogP contribution is 2.42. The van der Waals surface area contributed by atoms with Crippen LogP contribution in [0.4, 0.5) is 0 Å². The van der Waals surface area contributed by atoms with Crippen LogP contribution >= 0.6 is 0 Å². The molecule has 142 valence electrons. The summed E-state index contributed by atoms with van der Waals surface area (Å²) in [4.78, 5) is 26.1. The molecule has 0 aliphatic carbocycles. The molecular formula is C20H21NO6. The van der Waals surface area contributed by atoms with Gasteiger partial charge in [0.2, 0.25) is 0 Å². The van der Waals surface area contributed by atoms with Gasteiger partial charge < -0.3 is 23.9 Å². The van der Waals surface area contributed by atoms with E-state index in [1.54, 1.807) is 31.4 Å². The summed E-state index contributed by atoms with van der Waals surface area (Å²) in [5.41, 5.74) is 0.713. The number of carbonyl (C=O) groups excluding carboxylic acids is 1. The van der Waals surface area contributed by atoms with Gasteiger partial charge in [0.25, 0.3) is 5.56 Å². The number of esters is 1. The molecule has 3 rings (SSSR count). The summed E-state index contributed by atoms with van der Waals surface area (Å²) in [6.45, 7) is 4.07. The van der Waals surface area contributed by atoms with Gasteiger partial charge in [0, 0.05) is 24.9 Å². The van der Waals surface area contributed by atoms with E-state index >= 15 is 0 Å². The van der Waals surface area contributed by atoms with Crippen molar-refractivity contribution in [3.63, 3.8) is 0 Å². The monoisotopic (exact) mass is 371 g/mol. The lowest BCUT2D eigenvalue weighted by Crippen LogP contribution is -2.42. The number of ether oxygens (including phenoxy) is 4. The first-order valence-electron chi connectivity index (χ1n) is 8.36. The lowest BCUT2D eigenvalue weighted by Gasteiger charge is -2.37. The summed E-state index contributed by atoms with van der Waals surface area (Å²) in [6, 6.07) is 7.98. The summed E-state index contributed by atoms with van der Waals surface area (Å²) in [5.74, 6) is 0.972. The summed E-state index contributed by atoms with van der Waals surface area (Å²) in [6.07, 6.45) is 1.51. The number of pyridine rings is 1. The van der Waals surface area contributed by atoms with Gasteiger partial charge in [0.05, 0.1) is 24.8 Å². The van der Waals surface area contributed by atoms with Crippen LogP contribution in [0.5, 0.6) is 11.5 Å². The van der Waals surface area contributed by atoms with Crippen LogP contribution in [0.25, 0.3) is 5.76 Å². The van der Waals surface area contributed by atoms with E-state index in [0.29, 0.717) is 35.0 Å². The first kappa shape index (κ1) is 18.7. The zero-order valence-corrected chi connectivity index (χ0v) is 15.6. The van der Waals surface area contributed by atoms with E-state index in [-0.39, 0.29) is 5.56 Å². The van der Waals surface area contributed by atoms with Crippen molar-refractivity contribution in [3.05, 3.63) is 63.6 Å². The molecule has 7 heteroatoms. The molecule has 0 radical (unpaired) electrons. The highest BCUT2D eigenvalue weighted by Gasteiger charge is 2.38. The Morgan fingerprint density at radius 2 is 2.00 bits per heavy atom. The Bertz CT molecular complexity index is 961. The minimum atomic E-state index is -0.759. The van der Waals surface area contributed by atoms with Crippen molar-refractivity contribution in [3.8, 4) is 11.5 Å². The number of hydrogen-bond acceptors (Lipinski definition) is 6. The Morgan fingerprint density at radius 1 is 1.22 bits per heavy atom. The third-order valence-corrected chi connectivity index (χ3v) is 4.50. The number of aromatic amines is 1. The topological polar surface area (TPSA) is 86.8 Å². The maximum atomic E-state index is 11.9. The van der Waals surface area contributed by atoms with E-state index in [0.717, 1.165) is 5.57 Å². The van der Waals surface area contributed by atoms with Gasteiger partial charge in [-0.05, 0) is 38.1 Å². The second-order valence-electron chi connectivity index (χ2n) is 6.41. The average Bonchev–Trinajstić information content (AvgIpc) is 2.65. The fourth-order valence-electron chi connectivity index (χ4n) is 2.95. The molecule has 1 atom stereocenters. The molecule has 0 saturated heterocycles. The van der Waals surface area contributed by atoms with E-state index in [4.69, 9.17) is 18.9 Å². The Balaban J connectivity index is 2.15. The van der Waals surface area contributed by atoms with Gasteiger partial charge in [-0.2, -0.15) is 0 Å². The van der Waals surface area contributed by atoms with Gasteiger partial charge in [0.1, 0.15) is 17.3 Å². The third-order valence-electron chi connectivity index (χ3n) is 4.50. The first-order chi connectivity index (χ1) is 12.9. The molecule has 27 heavy (non-hydrogen) atoms. The molecule has 0 saturated carbocycles. The van der Waals surface area contributed by atoms with Crippen molar-refractivity contribution in [2.24, 2.45) is 0 Å². The number of benzene rings is 1. The van der Waals surface area contributed by atoms with Crippen LogP contribution in [0.2, 0.25) is 0 Å². The van der Waals surface area contributed by atoms with Crippen LogP contribution in [0.1, 0.15) is 29.8 Å². The maximum absolute atomic E-state index is 11.9. The number of rotatable bonds is 5. The van der Waals surface area contributed by atoms with Gasteiger partial charge in [-0.15, -0.1) is 0 Å². The standard InChI is InChI=1S/C20H21NO6/c1-12-18(26-14-7-8-21-17(22)10-14)15-9-13(19(23)25-4)5-6-16(15)27-20(12,2)11-24-3/h5-10H,11H2,1-4H3,(H,21,22). The van der Waals surface area contributed by atoms with Crippen molar-refractivity contribution in [2.45, 2.75) is 19.4 Å². The largest absolute Gasteiger partial charge is 0.480 e. The fourth-order valence-corrected chi connectivity index (χ4v) is 2.95. The second kappa shape index (κ2) is 7.28. The van der Waals surface area contributed by atoms with Crippen LogP contribution in [0.3, 0.4) is 0 Å². The van der Waals surface area contributed by atoms with Crippen LogP contribution in [-0.4, -0.2) is 37.4 Å². The summed E-state index contributed by atoms with van der Waals surface area (Å²) in [7, 11) is 2.91. The molecule has 1 N–H and O–H groups in total. The van der Waals surface area contributed by atoms with Crippen molar-refractivity contribution in [2.75, 3.05) is 20.8 Å². The molecule has 2 aromatic rings. The molecule has 1 aliphatic heterocycles. The predicted molar refractivity (Wildman–Crippen MR) is 99.0 cm³/mol. The zero-order chi connectivity index (χ0) is 19.6. The van der Waals surface area contributed by atoms with Crippen molar-refractivity contribution in [1.29, 1.82) is 0 Å². The molecule has 7 nitrogen and oxygen atoms in total. The fraction of sp³-hybridized carbons (Fsp3) is 0.300. The van der Waals surface area contributed by atoms with Gasteiger partial charge in [-0.25, -0.2) is 4.79 Å². The second-order valence-corrected chi connectivity index (χ2v) is 6.41. The molecule has 2 heterocycles. The number of aromatic nitrogens is 1. The first-order valence-corrected chi connectivity index (χ1v) is 8.36. The van der Waals surface area contributed by atoms with E-state index in [2.05, 4.69) is 4.98 Å². The van der Waals surface area contributed by atoms with Gasteiger partial charge in [-0.3, -0.25) is 4.79 Å². The van der Waals surface area contributed by atoms with E-state index < -0.39 is 11.6 Å². The SMILES string of the molecule is COCC1(C)Oc2ccc(C(=O)OC)cc2C(Oc2cc[nH]c(=O)c2)=C1C. The van der Waals surface area contributed by atoms with E-state index in [1.165, 1.54) is 19.4 Å². The van der Waals surface area contributed by atoms with Crippen molar-refractivity contribution < 1.29 is 23.7 Å². The van der Waals surface area contributed by atoms with E-state index in [1.807, 2.05) is 13.8 Å². The Labute approximate surface area is 156 Å². The van der Waals surface area contributed by atoms with Crippen LogP contribution in [-0.2, 0) is 9.47 Å². The Kier molecular flexibility index (Phi) is 5.05. The summed E-state index contributed by atoms with van der Waals surface area (Å²) in [5, 5.41) is 0. The molecule has 0 fully saturated rings. The Hall–Kier alpha value is -3.06.